The average Bonchev–Trinajstić information content (AvgIpc) is 2.83. The number of likely N-dealkylation sites (tertiary alicyclic amines) is 1. The molecule has 4 heteroatoms. The number of nitrogens with zero attached hydrogens (tertiary/aromatic N) is 1. The van der Waals surface area contributed by atoms with Crippen LogP contribution in [0.4, 0.5) is 5.69 Å². The largest absolute Gasteiger partial charge is 0.385 e. The fourth-order valence-electron chi connectivity index (χ4n) is 3.23. The maximum Gasteiger partial charge on any atom is 0.254 e. The number of nitrogens with one attached hydrogen (secondary N) is 1. The number of benzene rings is 1. The van der Waals surface area contributed by atoms with Crippen LogP contribution in [0.1, 0.15) is 42.1 Å². The predicted molar refractivity (Wildman–Crippen MR) is 83.8 cm³/mol. The first kappa shape index (κ1) is 14.4. The van der Waals surface area contributed by atoms with Gasteiger partial charge in [-0.2, -0.15) is 0 Å². The highest BCUT2D eigenvalue weighted by molar-refractivity contribution is 5.96. The van der Waals surface area contributed by atoms with Gasteiger partial charge in [-0.15, -0.1) is 0 Å². The maximum absolute atomic E-state index is 12.7. The summed E-state index contributed by atoms with van der Waals surface area (Å²) in [6, 6.07) is 6.02. The van der Waals surface area contributed by atoms with Crippen LogP contribution in [0.3, 0.4) is 0 Å². The van der Waals surface area contributed by atoms with Crippen molar-refractivity contribution in [1.82, 2.24) is 4.90 Å². The lowest BCUT2D eigenvalue weighted by molar-refractivity contribution is -0.0303. The Bertz CT molecular complexity index is 518. The summed E-state index contributed by atoms with van der Waals surface area (Å²) in [7, 11) is 0. The van der Waals surface area contributed by atoms with E-state index in [0.717, 1.165) is 55.7 Å². The summed E-state index contributed by atoms with van der Waals surface area (Å²) in [6.07, 6.45) is 3.77. The average molecular weight is 288 g/mol. The number of carbonyl (C=O) groups excluding carboxylic acids is 1. The fraction of sp³-hybridized carbons (Fsp3) is 0.588. The second kappa shape index (κ2) is 6.06. The molecule has 2 bridgehead atoms. The summed E-state index contributed by atoms with van der Waals surface area (Å²) in [6.45, 7) is 6.60. The zero-order valence-electron chi connectivity index (χ0n) is 12.9. The first-order valence-electron chi connectivity index (χ1n) is 7.96. The molecule has 2 aliphatic heterocycles. The third kappa shape index (κ3) is 3.05. The molecule has 2 saturated heterocycles. The summed E-state index contributed by atoms with van der Waals surface area (Å²) in [5.41, 5.74) is 2.95. The van der Waals surface area contributed by atoms with Gasteiger partial charge in [0.1, 0.15) is 0 Å². The van der Waals surface area contributed by atoms with Gasteiger partial charge in [-0.25, -0.2) is 0 Å². The van der Waals surface area contributed by atoms with Crippen molar-refractivity contribution in [3.05, 3.63) is 29.3 Å². The number of morpholine rings is 1. The van der Waals surface area contributed by atoms with E-state index in [-0.39, 0.29) is 18.1 Å². The molecule has 0 aromatic heterocycles. The van der Waals surface area contributed by atoms with Crippen molar-refractivity contribution in [2.75, 3.05) is 25.0 Å². The second-order valence-corrected chi connectivity index (χ2v) is 6.12. The van der Waals surface area contributed by atoms with Crippen LogP contribution in [0.5, 0.6) is 0 Å². The van der Waals surface area contributed by atoms with Gasteiger partial charge in [0.15, 0.2) is 0 Å². The van der Waals surface area contributed by atoms with Gasteiger partial charge >= 0.3 is 0 Å². The van der Waals surface area contributed by atoms with Crippen molar-refractivity contribution >= 4 is 11.6 Å². The van der Waals surface area contributed by atoms with Crippen LogP contribution in [0.2, 0.25) is 0 Å². The monoisotopic (exact) mass is 288 g/mol. The van der Waals surface area contributed by atoms with Gasteiger partial charge < -0.3 is 15.0 Å². The molecule has 0 aliphatic carbocycles. The number of aryl methyl sites for hydroxylation is 1. The van der Waals surface area contributed by atoms with Gasteiger partial charge in [-0.05, 0) is 49.9 Å². The molecule has 2 unspecified atom stereocenters. The Morgan fingerprint density at radius 3 is 2.67 bits per heavy atom. The van der Waals surface area contributed by atoms with E-state index < -0.39 is 0 Å². The Labute approximate surface area is 126 Å². The highest BCUT2D eigenvalue weighted by atomic mass is 16.5. The molecule has 1 aromatic rings. The third-order valence-electron chi connectivity index (χ3n) is 4.37. The van der Waals surface area contributed by atoms with Crippen LogP contribution >= 0.6 is 0 Å². The molecule has 0 spiro atoms. The number of amides is 1. The zero-order valence-corrected chi connectivity index (χ0v) is 12.9. The molecule has 1 N–H and O–H groups in total. The molecule has 2 aliphatic rings. The van der Waals surface area contributed by atoms with Gasteiger partial charge in [0.05, 0.1) is 12.2 Å². The van der Waals surface area contributed by atoms with E-state index >= 15 is 0 Å². The molecule has 4 nitrogen and oxygen atoms in total. The van der Waals surface area contributed by atoms with Crippen molar-refractivity contribution < 1.29 is 9.53 Å². The Morgan fingerprint density at radius 1 is 1.33 bits per heavy atom. The molecule has 2 fully saturated rings. The van der Waals surface area contributed by atoms with Gasteiger partial charge in [0, 0.05) is 30.9 Å². The Morgan fingerprint density at radius 2 is 2.05 bits per heavy atom. The minimum Gasteiger partial charge on any atom is -0.385 e. The molecule has 2 atom stereocenters. The number of rotatable bonds is 4. The molecule has 21 heavy (non-hydrogen) atoms. The molecule has 1 amide bonds. The highest BCUT2D eigenvalue weighted by Gasteiger charge is 2.36. The minimum atomic E-state index is 0.148. The number of fused-ring (bicyclic) bond motifs is 2. The summed E-state index contributed by atoms with van der Waals surface area (Å²) in [5, 5.41) is 3.36. The highest BCUT2D eigenvalue weighted by Crippen LogP contribution is 2.28. The second-order valence-electron chi connectivity index (χ2n) is 6.12. The van der Waals surface area contributed by atoms with Crippen LogP contribution in [0.15, 0.2) is 18.2 Å². The van der Waals surface area contributed by atoms with Crippen molar-refractivity contribution in [2.45, 2.75) is 45.3 Å². The summed E-state index contributed by atoms with van der Waals surface area (Å²) in [4.78, 5) is 14.7. The lowest BCUT2D eigenvalue weighted by atomic mass is 10.1. The normalized spacial score (nSPS) is 24.2. The number of anilines is 1. The van der Waals surface area contributed by atoms with Gasteiger partial charge in [-0.3, -0.25) is 4.79 Å². The Balaban J connectivity index is 1.72. The maximum atomic E-state index is 12.7. The molecule has 114 valence electrons. The van der Waals surface area contributed by atoms with Crippen LogP contribution in [0.25, 0.3) is 0 Å². The fourth-order valence-corrected chi connectivity index (χ4v) is 3.23. The third-order valence-corrected chi connectivity index (χ3v) is 4.37. The van der Waals surface area contributed by atoms with E-state index in [1.807, 2.05) is 24.0 Å². The Hall–Kier alpha value is -1.55. The van der Waals surface area contributed by atoms with Crippen molar-refractivity contribution in [2.24, 2.45) is 0 Å². The molecule has 0 radical (unpaired) electrons. The summed E-state index contributed by atoms with van der Waals surface area (Å²) in [5.74, 6) is 0.148. The van der Waals surface area contributed by atoms with E-state index in [1.165, 1.54) is 0 Å². The van der Waals surface area contributed by atoms with Crippen LogP contribution < -0.4 is 5.32 Å². The van der Waals surface area contributed by atoms with E-state index in [2.05, 4.69) is 18.3 Å². The van der Waals surface area contributed by atoms with E-state index in [4.69, 9.17) is 4.74 Å². The van der Waals surface area contributed by atoms with E-state index in [9.17, 15) is 4.79 Å². The molecule has 0 saturated carbocycles. The van der Waals surface area contributed by atoms with Crippen LogP contribution in [0, 0.1) is 6.92 Å². The summed E-state index contributed by atoms with van der Waals surface area (Å²) < 4.78 is 5.80. The number of ether oxygens (including phenoxy) is 1. The van der Waals surface area contributed by atoms with Crippen LogP contribution in [-0.2, 0) is 4.74 Å². The van der Waals surface area contributed by atoms with E-state index in [1.54, 1.807) is 0 Å². The Kier molecular flexibility index (Phi) is 4.15. The molecule has 1 aromatic carbocycles. The SMILES string of the molecule is CCCNc1ccc(C(=O)N2CC3CCC(C2)O3)c(C)c1. The smallest absolute Gasteiger partial charge is 0.254 e. The lowest BCUT2D eigenvalue weighted by Gasteiger charge is -2.32. The molecule has 2 heterocycles. The standard InChI is InChI=1S/C17H24N2O2/c1-3-8-18-13-4-7-16(12(2)9-13)17(20)19-10-14-5-6-15(11-19)21-14/h4,7,9,14-15,18H,3,5-6,8,10-11H2,1-2H3. The quantitative estimate of drug-likeness (QED) is 0.926. The van der Waals surface area contributed by atoms with Crippen LogP contribution in [-0.4, -0.2) is 42.6 Å². The minimum absolute atomic E-state index is 0.148. The molecular formula is C17H24N2O2. The van der Waals surface area contributed by atoms with Crippen molar-refractivity contribution in [3.8, 4) is 0 Å². The van der Waals surface area contributed by atoms with Crippen molar-refractivity contribution in [1.29, 1.82) is 0 Å². The summed E-state index contributed by atoms with van der Waals surface area (Å²) >= 11 is 0. The van der Waals surface area contributed by atoms with Gasteiger partial charge in [-0.1, -0.05) is 6.92 Å². The van der Waals surface area contributed by atoms with Gasteiger partial charge in [0.25, 0.3) is 5.91 Å². The number of carbonyl (C=O) groups is 1. The van der Waals surface area contributed by atoms with E-state index in [0.29, 0.717) is 0 Å². The first-order valence-corrected chi connectivity index (χ1v) is 7.96. The predicted octanol–water partition coefficient (Wildman–Crippen LogP) is 2.82. The zero-order chi connectivity index (χ0) is 14.8. The van der Waals surface area contributed by atoms with Gasteiger partial charge in [0.2, 0.25) is 0 Å². The van der Waals surface area contributed by atoms with Crippen molar-refractivity contribution in [3.63, 3.8) is 0 Å². The first-order chi connectivity index (χ1) is 10.2. The lowest BCUT2D eigenvalue weighted by Crippen LogP contribution is -2.46. The molecule has 3 rings (SSSR count). The number of hydrogen-bond acceptors (Lipinski definition) is 3. The molecular weight excluding hydrogens is 264 g/mol. The number of hydrogen-bond donors (Lipinski definition) is 1. The topological polar surface area (TPSA) is 41.6 Å².